The number of carboxylic acid groups (broad SMARTS) is 2. The van der Waals surface area contributed by atoms with Gasteiger partial charge in [0.15, 0.2) is 0 Å². The predicted molar refractivity (Wildman–Crippen MR) is 203 cm³/mol. The zero-order valence-corrected chi connectivity index (χ0v) is 31.6. The Morgan fingerprint density at radius 1 is 0.714 bits per heavy atom. The number of aromatic hydroxyl groups is 1. The molecule has 5 amide bonds. The molecule has 0 aliphatic heterocycles. The lowest BCUT2D eigenvalue weighted by atomic mass is 9.97. The highest BCUT2D eigenvalue weighted by molar-refractivity contribution is 5.98. The molecule has 0 aliphatic rings. The van der Waals surface area contributed by atoms with Crippen LogP contribution in [0.2, 0.25) is 0 Å². The quantitative estimate of drug-likeness (QED) is 0.0662. The summed E-state index contributed by atoms with van der Waals surface area (Å²) in [5, 5.41) is 52.0. The van der Waals surface area contributed by atoms with Gasteiger partial charge in [-0.2, -0.15) is 0 Å². The average molecular weight is 782 g/mol. The lowest BCUT2D eigenvalue weighted by Gasteiger charge is -2.29. The zero-order valence-electron chi connectivity index (χ0n) is 31.6. The van der Waals surface area contributed by atoms with Gasteiger partial charge in [0, 0.05) is 29.9 Å². The van der Waals surface area contributed by atoms with E-state index in [9.17, 15) is 54.0 Å². The maximum absolute atomic E-state index is 13.8. The first kappa shape index (κ1) is 44.4. The molecular formula is C38H51N7O11. The van der Waals surface area contributed by atoms with E-state index in [0.717, 1.165) is 0 Å². The number of phenols is 1. The molecule has 7 atom stereocenters. The zero-order chi connectivity index (χ0) is 41.7. The van der Waals surface area contributed by atoms with E-state index in [4.69, 9.17) is 5.73 Å². The van der Waals surface area contributed by atoms with E-state index in [0.29, 0.717) is 28.5 Å². The van der Waals surface area contributed by atoms with Crippen molar-refractivity contribution in [2.24, 2.45) is 17.6 Å². The molecular weight excluding hydrogens is 730 g/mol. The van der Waals surface area contributed by atoms with Crippen molar-refractivity contribution in [1.82, 2.24) is 31.6 Å². The van der Waals surface area contributed by atoms with Crippen LogP contribution in [0.1, 0.15) is 51.7 Å². The number of amides is 5. The van der Waals surface area contributed by atoms with Crippen LogP contribution in [0.3, 0.4) is 0 Å². The van der Waals surface area contributed by atoms with Crippen LogP contribution < -0.4 is 32.3 Å². The predicted octanol–water partition coefficient (Wildman–Crippen LogP) is -0.336. The van der Waals surface area contributed by atoms with Gasteiger partial charge in [0.05, 0.1) is 19.1 Å². The van der Waals surface area contributed by atoms with Gasteiger partial charge in [-0.1, -0.05) is 64.4 Å². The second-order valence-corrected chi connectivity index (χ2v) is 13.9. The number of para-hydroxylation sites is 1. The number of hydrogen-bond acceptors (Lipinski definition) is 10. The fourth-order valence-electron chi connectivity index (χ4n) is 5.71. The van der Waals surface area contributed by atoms with E-state index >= 15 is 0 Å². The summed E-state index contributed by atoms with van der Waals surface area (Å²) in [4.78, 5) is 94.3. The molecule has 12 N–H and O–H groups in total. The van der Waals surface area contributed by atoms with Gasteiger partial charge in [0.2, 0.25) is 29.5 Å². The number of fused-ring (bicyclic) bond motifs is 1. The van der Waals surface area contributed by atoms with Gasteiger partial charge in [-0.3, -0.25) is 28.8 Å². The smallest absolute Gasteiger partial charge is 0.326 e. The van der Waals surface area contributed by atoms with Crippen LogP contribution in [0, 0.1) is 11.8 Å². The summed E-state index contributed by atoms with van der Waals surface area (Å²) < 4.78 is 0. The Bertz CT molecular complexity index is 1860. The second kappa shape index (κ2) is 20.6. The molecule has 0 fully saturated rings. The molecule has 0 saturated heterocycles. The Morgan fingerprint density at radius 3 is 1.88 bits per heavy atom. The van der Waals surface area contributed by atoms with Crippen molar-refractivity contribution in [1.29, 1.82) is 0 Å². The number of aliphatic hydroxyl groups excluding tert-OH is 1. The van der Waals surface area contributed by atoms with Crippen LogP contribution in [0.4, 0.5) is 0 Å². The van der Waals surface area contributed by atoms with E-state index in [1.807, 2.05) is 0 Å². The van der Waals surface area contributed by atoms with Crippen molar-refractivity contribution < 1.29 is 54.0 Å². The first-order valence-corrected chi connectivity index (χ1v) is 18.1. The molecule has 1 heterocycles. The molecule has 304 valence electrons. The number of aromatic nitrogens is 1. The number of rotatable bonds is 21. The minimum absolute atomic E-state index is 0.0443. The van der Waals surface area contributed by atoms with Gasteiger partial charge >= 0.3 is 11.9 Å². The topological polar surface area (TPSA) is 302 Å². The Kier molecular flexibility index (Phi) is 16.3. The van der Waals surface area contributed by atoms with Crippen LogP contribution in [0.15, 0.2) is 54.7 Å². The minimum Gasteiger partial charge on any atom is -0.508 e. The van der Waals surface area contributed by atoms with Gasteiger partial charge in [0.25, 0.3) is 0 Å². The van der Waals surface area contributed by atoms with Crippen molar-refractivity contribution in [3.8, 4) is 5.75 Å². The number of nitrogens with two attached hydrogens (primary N) is 1. The standard InChI is InChI=1S/C38H51N7O11/c1-5-20(4)32(45-35(52)29(18-46)44-36(53)31(39)19(2)3)37(54)42-27(16-30(48)49)34(51)41-26(15-22-17-40-25-9-7-6-8-24(22)25)33(50)43-28(38(55)56)14-21-10-12-23(47)13-11-21/h6-13,17,19-20,26-29,31-32,40,46-47H,5,14-16,18,39H2,1-4H3,(H,41,51)(H,42,54)(H,43,50)(H,44,53)(H,45,52)(H,48,49)(H,55,56)/t20-,26-,27-,28-,29-,31-,32-/m0/s1. The van der Waals surface area contributed by atoms with Gasteiger partial charge in [0.1, 0.15) is 36.0 Å². The monoisotopic (exact) mass is 781 g/mol. The van der Waals surface area contributed by atoms with Gasteiger partial charge in [-0.05, 0) is 41.2 Å². The van der Waals surface area contributed by atoms with E-state index in [-0.39, 0.29) is 24.5 Å². The third-order valence-electron chi connectivity index (χ3n) is 9.36. The normalized spacial score (nSPS) is 15.0. The Morgan fingerprint density at radius 2 is 1.29 bits per heavy atom. The van der Waals surface area contributed by atoms with Gasteiger partial charge < -0.3 is 57.7 Å². The Labute approximate surface area is 323 Å². The maximum Gasteiger partial charge on any atom is 0.326 e. The number of benzene rings is 2. The van der Waals surface area contributed by atoms with Crippen molar-refractivity contribution in [2.75, 3.05) is 6.61 Å². The summed E-state index contributed by atoms with van der Waals surface area (Å²) in [5.74, 6) is -8.43. The molecule has 0 spiro atoms. The molecule has 0 unspecified atom stereocenters. The highest BCUT2D eigenvalue weighted by atomic mass is 16.4. The molecule has 1 aromatic heterocycles. The van der Waals surface area contributed by atoms with Crippen molar-refractivity contribution >= 4 is 52.4 Å². The number of carbonyl (C=O) groups is 7. The molecule has 18 heteroatoms. The van der Waals surface area contributed by atoms with E-state index in [1.54, 1.807) is 58.2 Å². The fraction of sp³-hybridized carbons (Fsp3) is 0.447. The minimum atomic E-state index is -1.79. The summed E-state index contributed by atoms with van der Waals surface area (Å²) in [6.45, 7) is 5.87. The Balaban J connectivity index is 1.88. The first-order valence-electron chi connectivity index (χ1n) is 18.1. The summed E-state index contributed by atoms with van der Waals surface area (Å²) in [6, 6.07) is 4.19. The maximum atomic E-state index is 13.8. The lowest BCUT2D eigenvalue weighted by Crippen LogP contribution is -2.61. The largest absolute Gasteiger partial charge is 0.508 e. The number of hydrogen-bond donors (Lipinski definition) is 11. The van der Waals surface area contributed by atoms with Gasteiger partial charge in [-0.25, -0.2) is 4.79 Å². The molecule has 0 radical (unpaired) electrons. The number of carbonyl (C=O) groups excluding carboxylic acids is 5. The number of phenolic OH excluding ortho intramolecular Hbond substituents is 1. The van der Waals surface area contributed by atoms with Crippen LogP contribution >= 0.6 is 0 Å². The number of nitrogens with one attached hydrogen (secondary N) is 6. The van der Waals surface area contributed by atoms with Crippen molar-refractivity contribution in [3.05, 3.63) is 65.9 Å². The van der Waals surface area contributed by atoms with Crippen LogP contribution in [0.5, 0.6) is 5.75 Å². The number of aliphatic carboxylic acids is 2. The molecule has 18 nitrogen and oxygen atoms in total. The highest BCUT2D eigenvalue weighted by Gasteiger charge is 2.35. The third kappa shape index (κ3) is 12.5. The molecule has 2 aromatic carbocycles. The summed E-state index contributed by atoms with van der Waals surface area (Å²) in [6.07, 6.45) is 0.629. The molecule has 0 aliphatic carbocycles. The van der Waals surface area contributed by atoms with E-state index < -0.39 is 96.7 Å². The number of carboxylic acids is 2. The number of aromatic amines is 1. The SMILES string of the molecule is CC[C@H](C)[C@H](NC(=O)[C@H](CO)NC(=O)[C@@H](N)C(C)C)C(=O)N[C@@H](CC(=O)O)C(=O)N[C@@H](Cc1c[nH]c2ccccc12)C(=O)N[C@@H](Cc1ccc(O)cc1)C(=O)O. The average Bonchev–Trinajstić information content (AvgIpc) is 3.57. The van der Waals surface area contributed by atoms with E-state index in [1.165, 1.54) is 24.3 Å². The molecule has 0 saturated carbocycles. The van der Waals surface area contributed by atoms with Crippen LogP contribution in [-0.4, -0.2) is 110 Å². The number of aliphatic hydroxyl groups is 1. The summed E-state index contributed by atoms with van der Waals surface area (Å²) >= 11 is 0. The van der Waals surface area contributed by atoms with E-state index in [2.05, 4.69) is 31.6 Å². The van der Waals surface area contributed by atoms with Gasteiger partial charge in [-0.15, -0.1) is 0 Å². The van der Waals surface area contributed by atoms with Crippen molar-refractivity contribution in [2.45, 2.75) is 89.6 Å². The first-order chi connectivity index (χ1) is 26.4. The molecule has 3 aromatic rings. The molecule has 3 rings (SSSR count). The number of H-pyrrole nitrogens is 1. The highest BCUT2D eigenvalue weighted by Crippen LogP contribution is 2.20. The molecule has 0 bridgehead atoms. The van der Waals surface area contributed by atoms with Crippen LogP contribution in [0.25, 0.3) is 10.9 Å². The Hall–Kier alpha value is -6.01. The van der Waals surface area contributed by atoms with Crippen LogP contribution in [-0.2, 0) is 46.4 Å². The summed E-state index contributed by atoms with van der Waals surface area (Å²) in [7, 11) is 0. The molecule has 56 heavy (non-hydrogen) atoms. The van der Waals surface area contributed by atoms with Crippen molar-refractivity contribution in [3.63, 3.8) is 0 Å². The second-order valence-electron chi connectivity index (χ2n) is 13.9. The third-order valence-corrected chi connectivity index (χ3v) is 9.36. The lowest BCUT2D eigenvalue weighted by molar-refractivity contribution is -0.143. The fourth-order valence-corrected chi connectivity index (χ4v) is 5.71. The summed E-state index contributed by atoms with van der Waals surface area (Å²) in [5.41, 5.74) is 7.61.